The normalized spacial score (nSPS) is 24.6. The molecule has 1 saturated heterocycles. The van der Waals surface area contributed by atoms with Gasteiger partial charge in [0.05, 0.1) is 18.2 Å². The fourth-order valence-electron chi connectivity index (χ4n) is 2.07. The first-order valence-corrected chi connectivity index (χ1v) is 5.96. The number of aromatic nitrogens is 1. The SMILES string of the molecule is Cc1cc(CC(=O)NC2CCOC(C)C2)no1. The Balaban J connectivity index is 1.80. The van der Waals surface area contributed by atoms with Gasteiger partial charge in [0.2, 0.25) is 5.91 Å². The van der Waals surface area contributed by atoms with Gasteiger partial charge in [-0.25, -0.2) is 0 Å². The third-order valence-corrected chi connectivity index (χ3v) is 2.87. The third-order valence-electron chi connectivity index (χ3n) is 2.87. The van der Waals surface area contributed by atoms with Crippen molar-refractivity contribution in [2.24, 2.45) is 0 Å². The lowest BCUT2D eigenvalue weighted by Crippen LogP contribution is -2.41. The van der Waals surface area contributed by atoms with Gasteiger partial charge in [-0.1, -0.05) is 5.16 Å². The number of rotatable bonds is 3. The molecule has 5 heteroatoms. The van der Waals surface area contributed by atoms with Gasteiger partial charge in [-0.2, -0.15) is 0 Å². The molecule has 0 aliphatic carbocycles. The molecule has 94 valence electrons. The summed E-state index contributed by atoms with van der Waals surface area (Å²) in [7, 11) is 0. The fourth-order valence-corrected chi connectivity index (χ4v) is 2.07. The second-order valence-corrected chi connectivity index (χ2v) is 4.58. The molecule has 1 aromatic heterocycles. The summed E-state index contributed by atoms with van der Waals surface area (Å²) in [5.74, 6) is 0.727. The standard InChI is InChI=1S/C12H18N2O3/c1-8-5-10(3-4-16-8)13-12(15)7-11-6-9(2)17-14-11/h6,8,10H,3-5,7H2,1-2H3,(H,13,15). The number of nitrogens with zero attached hydrogens (tertiary/aromatic N) is 1. The number of hydrogen-bond donors (Lipinski definition) is 1. The molecular weight excluding hydrogens is 220 g/mol. The van der Waals surface area contributed by atoms with Crippen molar-refractivity contribution >= 4 is 5.91 Å². The number of amides is 1. The highest BCUT2D eigenvalue weighted by atomic mass is 16.5. The molecule has 1 N–H and O–H groups in total. The Hall–Kier alpha value is -1.36. The van der Waals surface area contributed by atoms with E-state index in [-0.39, 0.29) is 24.5 Å². The van der Waals surface area contributed by atoms with Gasteiger partial charge in [-0.3, -0.25) is 4.79 Å². The Labute approximate surface area is 101 Å². The molecule has 0 bridgehead atoms. The summed E-state index contributed by atoms with van der Waals surface area (Å²) in [5.41, 5.74) is 0.681. The molecule has 1 amide bonds. The lowest BCUT2D eigenvalue weighted by atomic mass is 10.0. The van der Waals surface area contributed by atoms with E-state index in [0.717, 1.165) is 25.2 Å². The Morgan fingerprint density at radius 2 is 2.47 bits per heavy atom. The van der Waals surface area contributed by atoms with Crippen LogP contribution in [0.1, 0.15) is 31.2 Å². The summed E-state index contributed by atoms with van der Waals surface area (Å²) in [4.78, 5) is 11.8. The van der Waals surface area contributed by atoms with Crippen LogP contribution in [0.25, 0.3) is 0 Å². The highest BCUT2D eigenvalue weighted by molar-refractivity contribution is 5.78. The van der Waals surface area contributed by atoms with Crippen LogP contribution in [0.2, 0.25) is 0 Å². The zero-order chi connectivity index (χ0) is 12.3. The Bertz CT molecular complexity index is 389. The summed E-state index contributed by atoms with van der Waals surface area (Å²) >= 11 is 0. The zero-order valence-corrected chi connectivity index (χ0v) is 10.2. The number of ether oxygens (including phenoxy) is 1. The van der Waals surface area contributed by atoms with E-state index >= 15 is 0 Å². The van der Waals surface area contributed by atoms with E-state index in [1.807, 2.05) is 13.8 Å². The number of carbonyl (C=O) groups is 1. The van der Waals surface area contributed by atoms with Crippen LogP contribution in [0.4, 0.5) is 0 Å². The first-order chi connectivity index (χ1) is 8.13. The topological polar surface area (TPSA) is 64.4 Å². The van der Waals surface area contributed by atoms with Crippen LogP contribution in [0.5, 0.6) is 0 Å². The molecule has 2 atom stereocenters. The van der Waals surface area contributed by atoms with E-state index < -0.39 is 0 Å². The first kappa shape index (κ1) is 12.1. The average Bonchev–Trinajstić information content (AvgIpc) is 2.63. The number of nitrogens with one attached hydrogen (secondary N) is 1. The summed E-state index contributed by atoms with van der Waals surface area (Å²) in [6.45, 7) is 4.56. The van der Waals surface area contributed by atoms with Gasteiger partial charge in [0.25, 0.3) is 0 Å². The summed E-state index contributed by atoms with van der Waals surface area (Å²) in [5, 5.41) is 6.81. The molecule has 1 aromatic rings. The van der Waals surface area contributed by atoms with E-state index in [0.29, 0.717) is 5.69 Å². The molecule has 2 unspecified atom stereocenters. The molecule has 2 rings (SSSR count). The van der Waals surface area contributed by atoms with Crippen LogP contribution in [-0.4, -0.2) is 29.8 Å². The number of hydrogen-bond acceptors (Lipinski definition) is 4. The lowest BCUT2D eigenvalue weighted by Gasteiger charge is -2.27. The zero-order valence-electron chi connectivity index (χ0n) is 10.2. The predicted octanol–water partition coefficient (Wildman–Crippen LogP) is 1.21. The average molecular weight is 238 g/mol. The maximum Gasteiger partial charge on any atom is 0.226 e. The molecule has 0 aromatic carbocycles. The van der Waals surface area contributed by atoms with E-state index in [1.165, 1.54) is 0 Å². The molecule has 2 heterocycles. The Morgan fingerprint density at radius 3 is 3.12 bits per heavy atom. The van der Waals surface area contributed by atoms with Gasteiger partial charge in [0.15, 0.2) is 0 Å². The van der Waals surface area contributed by atoms with Gasteiger partial charge >= 0.3 is 0 Å². The van der Waals surface area contributed by atoms with Crippen LogP contribution in [0, 0.1) is 6.92 Å². The maximum absolute atomic E-state index is 11.8. The van der Waals surface area contributed by atoms with E-state index in [9.17, 15) is 4.79 Å². The largest absolute Gasteiger partial charge is 0.378 e. The van der Waals surface area contributed by atoms with Crippen molar-refractivity contribution in [1.82, 2.24) is 10.5 Å². The quantitative estimate of drug-likeness (QED) is 0.859. The minimum atomic E-state index is -0.00241. The smallest absolute Gasteiger partial charge is 0.226 e. The molecular formula is C12H18N2O3. The van der Waals surface area contributed by atoms with Crippen molar-refractivity contribution in [3.63, 3.8) is 0 Å². The van der Waals surface area contributed by atoms with Crippen LogP contribution < -0.4 is 5.32 Å². The molecule has 5 nitrogen and oxygen atoms in total. The van der Waals surface area contributed by atoms with Crippen molar-refractivity contribution in [2.45, 2.75) is 45.3 Å². The van der Waals surface area contributed by atoms with Gasteiger partial charge in [0.1, 0.15) is 5.76 Å². The van der Waals surface area contributed by atoms with Crippen molar-refractivity contribution in [1.29, 1.82) is 0 Å². The highest BCUT2D eigenvalue weighted by Crippen LogP contribution is 2.13. The van der Waals surface area contributed by atoms with Crippen molar-refractivity contribution in [3.8, 4) is 0 Å². The van der Waals surface area contributed by atoms with Crippen molar-refractivity contribution in [2.75, 3.05) is 6.61 Å². The molecule has 17 heavy (non-hydrogen) atoms. The van der Waals surface area contributed by atoms with Crippen LogP contribution in [-0.2, 0) is 16.0 Å². The summed E-state index contributed by atoms with van der Waals surface area (Å²) in [6, 6.07) is 2.01. The third kappa shape index (κ3) is 3.56. The first-order valence-electron chi connectivity index (χ1n) is 5.96. The van der Waals surface area contributed by atoms with Crippen LogP contribution in [0.3, 0.4) is 0 Å². The predicted molar refractivity (Wildman–Crippen MR) is 61.5 cm³/mol. The van der Waals surface area contributed by atoms with E-state index in [4.69, 9.17) is 9.26 Å². The second-order valence-electron chi connectivity index (χ2n) is 4.58. The highest BCUT2D eigenvalue weighted by Gasteiger charge is 2.21. The monoisotopic (exact) mass is 238 g/mol. The van der Waals surface area contributed by atoms with E-state index in [1.54, 1.807) is 6.07 Å². The number of carbonyl (C=O) groups excluding carboxylic acids is 1. The molecule has 0 saturated carbocycles. The molecule has 0 spiro atoms. The molecule has 1 aliphatic rings. The molecule has 1 fully saturated rings. The maximum atomic E-state index is 11.8. The Morgan fingerprint density at radius 1 is 1.65 bits per heavy atom. The molecule has 0 radical (unpaired) electrons. The van der Waals surface area contributed by atoms with Crippen molar-refractivity contribution < 1.29 is 14.1 Å². The van der Waals surface area contributed by atoms with Gasteiger partial charge in [0, 0.05) is 18.7 Å². The van der Waals surface area contributed by atoms with Crippen LogP contribution >= 0.6 is 0 Å². The van der Waals surface area contributed by atoms with Gasteiger partial charge in [-0.05, 0) is 26.7 Å². The van der Waals surface area contributed by atoms with Gasteiger partial charge < -0.3 is 14.6 Å². The second kappa shape index (κ2) is 5.31. The van der Waals surface area contributed by atoms with Crippen LogP contribution in [0.15, 0.2) is 10.6 Å². The summed E-state index contributed by atoms with van der Waals surface area (Å²) < 4.78 is 10.4. The summed E-state index contributed by atoms with van der Waals surface area (Å²) in [6.07, 6.45) is 2.27. The minimum Gasteiger partial charge on any atom is -0.378 e. The Kier molecular flexibility index (Phi) is 3.78. The number of aryl methyl sites for hydroxylation is 1. The van der Waals surface area contributed by atoms with E-state index in [2.05, 4.69) is 10.5 Å². The molecule has 1 aliphatic heterocycles. The lowest BCUT2D eigenvalue weighted by molar-refractivity contribution is -0.122. The fraction of sp³-hybridized carbons (Fsp3) is 0.667. The van der Waals surface area contributed by atoms with Crippen molar-refractivity contribution in [3.05, 3.63) is 17.5 Å². The minimum absolute atomic E-state index is 0.00241. The van der Waals surface area contributed by atoms with Gasteiger partial charge in [-0.15, -0.1) is 0 Å².